The van der Waals surface area contributed by atoms with Crippen molar-refractivity contribution in [3.63, 3.8) is 0 Å². The van der Waals surface area contributed by atoms with Crippen molar-refractivity contribution in [3.05, 3.63) is 23.8 Å². The van der Waals surface area contributed by atoms with E-state index < -0.39 is 11.7 Å². The maximum Gasteiger partial charge on any atom is 0.416 e. The Morgan fingerprint density at radius 3 is 2.11 bits per heavy atom. The van der Waals surface area contributed by atoms with Crippen LogP contribution in [0.1, 0.15) is 24.8 Å². The second kappa shape index (κ2) is 11.6. The molecular weight excluding hydrogens is 463 g/mol. The number of piperidine rings is 1. The minimum Gasteiger partial charge on any atom is -0.378 e. The van der Waals surface area contributed by atoms with Crippen LogP contribution in [0.25, 0.3) is 0 Å². The summed E-state index contributed by atoms with van der Waals surface area (Å²) in [5.41, 5.74) is 0.0751. The molecule has 194 valence electrons. The molecule has 1 aromatic rings. The molecule has 3 aliphatic rings. The molecule has 0 spiro atoms. The van der Waals surface area contributed by atoms with Crippen LogP contribution in [0.4, 0.5) is 24.5 Å². The Hall–Kier alpha value is -2.37. The minimum atomic E-state index is -4.48. The molecule has 3 heterocycles. The molecule has 8 nitrogen and oxygen atoms in total. The molecule has 0 saturated carbocycles. The highest BCUT2D eigenvalue weighted by Gasteiger charge is 2.32. The summed E-state index contributed by atoms with van der Waals surface area (Å²) in [6.45, 7) is 6.90. The van der Waals surface area contributed by atoms with Gasteiger partial charge in [0.05, 0.1) is 43.2 Å². The van der Waals surface area contributed by atoms with Gasteiger partial charge >= 0.3 is 6.18 Å². The molecule has 3 saturated heterocycles. The number of amides is 2. The number of hydrogen-bond donors (Lipinski definition) is 1. The number of rotatable bonds is 6. The number of morpholine rings is 1. The third-order valence-electron chi connectivity index (χ3n) is 6.85. The van der Waals surface area contributed by atoms with E-state index in [0.717, 1.165) is 44.5 Å². The first-order valence-corrected chi connectivity index (χ1v) is 12.4. The van der Waals surface area contributed by atoms with Gasteiger partial charge in [-0.25, -0.2) is 0 Å². The Morgan fingerprint density at radius 1 is 0.857 bits per heavy atom. The highest BCUT2D eigenvalue weighted by molar-refractivity contribution is 5.96. The quantitative estimate of drug-likeness (QED) is 0.650. The van der Waals surface area contributed by atoms with Crippen LogP contribution in [0.2, 0.25) is 0 Å². The van der Waals surface area contributed by atoms with Crippen LogP contribution in [0.5, 0.6) is 0 Å². The Balaban J connectivity index is 1.31. The number of halogens is 3. The molecular formula is C24H34F3N5O3. The number of anilines is 2. The SMILES string of the molecule is O=C(CN1CCN(CC(=O)N2CCOCC2)CC1)Nc1cc(C(F)(F)F)ccc1N1CCCCC1. The number of carbonyl (C=O) groups is 2. The van der Waals surface area contributed by atoms with Gasteiger partial charge in [0.25, 0.3) is 0 Å². The fourth-order valence-corrected chi connectivity index (χ4v) is 4.83. The third kappa shape index (κ3) is 7.08. The van der Waals surface area contributed by atoms with E-state index in [1.807, 2.05) is 14.7 Å². The number of nitrogens with one attached hydrogen (secondary N) is 1. The molecule has 35 heavy (non-hydrogen) atoms. The maximum atomic E-state index is 13.3. The Kier molecular flexibility index (Phi) is 8.51. The molecule has 1 aromatic carbocycles. The lowest BCUT2D eigenvalue weighted by Crippen LogP contribution is -2.52. The minimum absolute atomic E-state index is 0.0919. The first-order chi connectivity index (χ1) is 16.8. The van der Waals surface area contributed by atoms with Gasteiger partial charge in [-0.1, -0.05) is 0 Å². The maximum absolute atomic E-state index is 13.3. The smallest absolute Gasteiger partial charge is 0.378 e. The van der Waals surface area contributed by atoms with Crippen LogP contribution in [-0.4, -0.2) is 105 Å². The number of hydrogen-bond acceptors (Lipinski definition) is 6. The Morgan fingerprint density at radius 2 is 1.49 bits per heavy atom. The number of carbonyl (C=O) groups excluding carboxylic acids is 2. The van der Waals surface area contributed by atoms with E-state index in [0.29, 0.717) is 64.7 Å². The predicted octanol–water partition coefficient (Wildman–Crippen LogP) is 2.11. The van der Waals surface area contributed by atoms with E-state index in [9.17, 15) is 22.8 Å². The molecule has 0 radical (unpaired) electrons. The van der Waals surface area contributed by atoms with Crippen LogP contribution < -0.4 is 10.2 Å². The molecule has 2 amide bonds. The van der Waals surface area contributed by atoms with Crippen LogP contribution in [0, 0.1) is 0 Å². The van der Waals surface area contributed by atoms with Gasteiger partial charge in [-0.15, -0.1) is 0 Å². The largest absolute Gasteiger partial charge is 0.416 e. The first-order valence-electron chi connectivity index (χ1n) is 12.4. The highest BCUT2D eigenvalue weighted by atomic mass is 19.4. The van der Waals surface area contributed by atoms with Gasteiger partial charge in [-0.3, -0.25) is 19.4 Å². The molecule has 3 fully saturated rings. The number of benzene rings is 1. The monoisotopic (exact) mass is 497 g/mol. The number of nitrogens with zero attached hydrogens (tertiary/aromatic N) is 4. The highest BCUT2D eigenvalue weighted by Crippen LogP contribution is 2.36. The van der Waals surface area contributed by atoms with E-state index in [4.69, 9.17) is 4.74 Å². The van der Waals surface area contributed by atoms with Gasteiger partial charge in [0.2, 0.25) is 11.8 Å². The van der Waals surface area contributed by atoms with E-state index in [1.165, 1.54) is 6.07 Å². The first kappa shape index (κ1) is 25.7. The van der Waals surface area contributed by atoms with E-state index in [2.05, 4.69) is 10.2 Å². The van der Waals surface area contributed by atoms with Crippen molar-refractivity contribution >= 4 is 23.2 Å². The van der Waals surface area contributed by atoms with Gasteiger partial charge < -0.3 is 19.9 Å². The zero-order chi connectivity index (χ0) is 24.8. The molecule has 4 rings (SSSR count). The lowest BCUT2D eigenvalue weighted by atomic mass is 10.1. The lowest BCUT2D eigenvalue weighted by Gasteiger charge is -2.35. The second-order valence-corrected chi connectivity index (χ2v) is 9.37. The molecule has 0 unspecified atom stereocenters. The van der Waals surface area contributed by atoms with Crippen molar-refractivity contribution in [3.8, 4) is 0 Å². The average molecular weight is 498 g/mol. The van der Waals surface area contributed by atoms with Crippen LogP contribution in [0.15, 0.2) is 18.2 Å². The van der Waals surface area contributed by atoms with Crippen molar-refractivity contribution < 1.29 is 27.5 Å². The summed E-state index contributed by atoms with van der Waals surface area (Å²) in [6, 6.07) is 3.59. The zero-order valence-electron chi connectivity index (χ0n) is 20.0. The van der Waals surface area contributed by atoms with Crippen molar-refractivity contribution in [2.45, 2.75) is 25.4 Å². The Bertz CT molecular complexity index is 878. The van der Waals surface area contributed by atoms with Crippen LogP contribution >= 0.6 is 0 Å². The fourth-order valence-electron chi connectivity index (χ4n) is 4.83. The van der Waals surface area contributed by atoms with E-state index in [1.54, 1.807) is 0 Å². The molecule has 0 atom stereocenters. The van der Waals surface area contributed by atoms with Gasteiger partial charge in [0.15, 0.2) is 0 Å². The average Bonchev–Trinajstić information content (AvgIpc) is 2.85. The number of alkyl halides is 3. The van der Waals surface area contributed by atoms with Gasteiger partial charge in [0, 0.05) is 52.4 Å². The van der Waals surface area contributed by atoms with Gasteiger partial charge in [-0.05, 0) is 37.5 Å². The third-order valence-corrected chi connectivity index (χ3v) is 6.85. The zero-order valence-corrected chi connectivity index (χ0v) is 20.0. The van der Waals surface area contributed by atoms with Crippen molar-refractivity contribution in [2.24, 2.45) is 0 Å². The summed E-state index contributed by atoms with van der Waals surface area (Å²) in [5, 5.41) is 2.75. The molecule has 11 heteroatoms. The Labute approximate surface area is 204 Å². The number of ether oxygens (including phenoxy) is 1. The van der Waals surface area contributed by atoms with E-state index in [-0.39, 0.29) is 24.0 Å². The predicted molar refractivity (Wildman–Crippen MR) is 126 cm³/mol. The summed E-state index contributed by atoms with van der Waals surface area (Å²) < 4.78 is 45.3. The summed E-state index contributed by atoms with van der Waals surface area (Å²) >= 11 is 0. The van der Waals surface area contributed by atoms with Crippen molar-refractivity contribution in [1.82, 2.24) is 14.7 Å². The summed E-state index contributed by atoms with van der Waals surface area (Å²) in [5.74, 6) is -0.241. The number of piperazine rings is 1. The second-order valence-electron chi connectivity index (χ2n) is 9.37. The van der Waals surface area contributed by atoms with Gasteiger partial charge in [0.1, 0.15) is 0 Å². The molecule has 0 aliphatic carbocycles. The normalized spacial score (nSPS) is 20.7. The molecule has 0 bridgehead atoms. The summed E-state index contributed by atoms with van der Waals surface area (Å²) in [6.07, 6.45) is -1.42. The van der Waals surface area contributed by atoms with Crippen molar-refractivity contribution in [1.29, 1.82) is 0 Å². The van der Waals surface area contributed by atoms with Crippen LogP contribution in [0.3, 0.4) is 0 Å². The fraction of sp³-hybridized carbons (Fsp3) is 0.667. The molecule has 0 aromatic heterocycles. The molecule has 3 aliphatic heterocycles. The van der Waals surface area contributed by atoms with Crippen LogP contribution in [-0.2, 0) is 20.5 Å². The van der Waals surface area contributed by atoms with Crippen molar-refractivity contribution in [2.75, 3.05) is 88.9 Å². The lowest BCUT2D eigenvalue weighted by molar-refractivity contribution is -0.138. The summed E-state index contributed by atoms with van der Waals surface area (Å²) in [7, 11) is 0. The van der Waals surface area contributed by atoms with E-state index >= 15 is 0 Å². The standard InChI is InChI=1S/C24H34F3N5O3/c25-24(26,27)19-4-5-21(31-6-2-1-3-7-31)20(16-19)28-22(33)17-29-8-10-30(11-9-29)18-23(34)32-12-14-35-15-13-32/h4-5,16H,1-3,6-15,17-18H2,(H,28,33). The topological polar surface area (TPSA) is 68.4 Å². The van der Waals surface area contributed by atoms with Gasteiger partial charge in [-0.2, -0.15) is 13.2 Å². The molecule has 1 N–H and O–H groups in total. The summed E-state index contributed by atoms with van der Waals surface area (Å²) in [4.78, 5) is 33.2.